The van der Waals surface area contributed by atoms with E-state index in [1.54, 1.807) is 6.21 Å². The molecule has 0 fully saturated rings. The maximum absolute atomic E-state index is 4.50. The second kappa shape index (κ2) is 4.91. The zero-order chi connectivity index (χ0) is 13.1. The Morgan fingerprint density at radius 3 is 1.88 bits per heavy atom. The first-order chi connectivity index (χ1) is 7.77. The Balaban J connectivity index is 2.98. The summed E-state index contributed by atoms with van der Waals surface area (Å²) in [5.74, 6) is 0. The Labute approximate surface area is 105 Å². The van der Waals surface area contributed by atoms with Crippen molar-refractivity contribution >= 4 is 6.21 Å². The Morgan fingerprint density at radius 2 is 1.47 bits per heavy atom. The van der Waals surface area contributed by atoms with Crippen LogP contribution in [-0.4, -0.2) is 6.21 Å². The Hall–Kier alpha value is -1.31. The van der Waals surface area contributed by atoms with Gasteiger partial charge in [-0.2, -0.15) is 0 Å². The molecule has 1 radical (unpaired) electrons. The van der Waals surface area contributed by atoms with Crippen LogP contribution in [0.5, 0.6) is 0 Å². The molecule has 0 amide bonds. The van der Waals surface area contributed by atoms with Crippen LogP contribution in [0.1, 0.15) is 45.7 Å². The van der Waals surface area contributed by atoms with Crippen molar-refractivity contribution in [3.63, 3.8) is 0 Å². The molecule has 93 valence electrons. The molecular weight excluding hydrogens is 210 g/mol. The highest BCUT2D eigenvalue weighted by molar-refractivity contribution is 5.71. The van der Waals surface area contributed by atoms with Gasteiger partial charge in [0.1, 0.15) is 0 Å². The van der Waals surface area contributed by atoms with Gasteiger partial charge in [-0.05, 0) is 16.5 Å². The van der Waals surface area contributed by atoms with Gasteiger partial charge in [-0.15, -0.1) is 0 Å². The van der Waals surface area contributed by atoms with Crippen molar-refractivity contribution in [2.24, 2.45) is 5.16 Å². The van der Waals surface area contributed by atoms with Gasteiger partial charge in [-0.25, -0.2) is 0 Å². The van der Waals surface area contributed by atoms with Crippen molar-refractivity contribution in [1.29, 1.82) is 0 Å². The molecule has 2 nitrogen and oxygen atoms in total. The minimum Gasteiger partial charge on any atom is -0.392 e. The van der Waals surface area contributed by atoms with E-state index >= 15 is 0 Å². The fourth-order valence-electron chi connectivity index (χ4n) is 1.64. The summed E-state index contributed by atoms with van der Waals surface area (Å²) in [4.78, 5) is 4.50. The van der Waals surface area contributed by atoms with Gasteiger partial charge in [0.15, 0.2) is 7.11 Å². The highest BCUT2D eigenvalue weighted by Crippen LogP contribution is 2.26. The lowest BCUT2D eigenvalue weighted by molar-refractivity contribution is 0.259. The average Bonchev–Trinajstić information content (AvgIpc) is 2.25. The fourth-order valence-corrected chi connectivity index (χ4v) is 1.64. The summed E-state index contributed by atoms with van der Waals surface area (Å²) in [6.45, 7) is 10.8. The van der Waals surface area contributed by atoms with E-state index in [1.807, 2.05) is 0 Å². The lowest BCUT2D eigenvalue weighted by atomic mass is 9.82. The molecule has 17 heavy (non-hydrogen) atoms. The molecule has 1 rings (SSSR count). The molecule has 0 N–H and O–H groups in total. The van der Waals surface area contributed by atoms with E-state index in [1.165, 1.54) is 11.1 Å². The van der Waals surface area contributed by atoms with Crippen LogP contribution in [0.25, 0.3) is 0 Å². The van der Waals surface area contributed by atoms with Crippen LogP contribution in [0.4, 0.5) is 0 Å². The van der Waals surface area contributed by atoms with Crippen molar-refractivity contribution < 1.29 is 4.84 Å². The third-order valence-corrected chi connectivity index (χ3v) is 2.94. The van der Waals surface area contributed by atoms with Crippen LogP contribution >= 0.6 is 0 Å². The lowest BCUT2D eigenvalue weighted by Gasteiger charge is -2.23. The van der Waals surface area contributed by atoms with E-state index in [2.05, 4.69) is 76.0 Å². The molecule has 0 atom stereocenters. The number of hydrogen-bond acceptors (Lipinski definition) is 2. The Kier molecular flexibility index (Phi) is 3.97. The van der Waals surface area contributed by atoms with Gasteiger partial charge in [0, 0.05) is 5.41 Å². The molecule has 2 heteroatoms. The maximum Gasteiger partial charge on any atom is 0.153 e. The topological polar surface area (TPSA) is 21.6 Å². The molecule has 0 bridgehead atoms. The molecule has 0 heterocycles. The number of nitrogens with zero attached hydrogens (tertiary/aromatic N) is 1. The van der Waals surface area contributed by atoms with E-state index in [0.29, 0.717) is 0 Å². The first-order valence-electron chi connectivity index (χ1n) is 5.84. The largest absolute Gasteiger partial charge is 0.392 e. The average molecular weight is 232 g/mol. The summed E-state index contributed by atoms with van der Waals surface area (Å²) in [6, 6.07) is 8.65. The molecule has 0 spiro atoms. The minimum atomic E-state index is -0.145. The first kappa shape index (κ1) is 13.8. The monoisotopic (exact) mass is 232 g/mol. The third kappa shape index (κ3) is 3.58. The van der Waals surface area contributed by atoms with E-state index < -0.39 is 0 Å². The number of benzene rings is 1. The summed E-state index contributed by atoms with van der Waals surface area (Å²) in [6.07, 6.45) is 1.77. The lowest BCUT2D eigenvalue weighted by Crippen LogP contribution is -2.19. The van der Waals surface area contributed by atoms with Crippen LogP contribution in [-0.2, 0) is 15.7 Å². The molecule has 0 unspecified atom stereocenters. The Morgan fingerprint density at radius 1 is 1.00 bits per heavy atom. The van der Waals surface area contributed by atoms with Gasteiger partial charge in [-0.1, -0.05) is 64.0 Å². The quantitative estimate of drug-likeness (QED) is 0.569. The van der Waals surface area contributed by atoms with Crippen LogP contribution in [0, 0.1) is 7.11 Å². The zero-order valence-corrected chi connectivity index (χ0v) is 11.4. The Bertz CT molecular complexity index is 382. The number of hydrogen-bond donors (Lipinski definition) is 0. The van der Waals surface area contributed by atoms with Gasteiger partial charge >= 0.3 is 0 Å². The standard InChI is InChI=1S/C15H22NO/c1-14(2,3)12-7-9-13(10-8-12)15(4,5)11-16-17-6/h7-11H,6H2,1-5H3/b16-11+. The molecule has 0 aromatic heterocycles. The highest BCUT2D eigenvalue weighted by Gasteiger charge is 2.20. The first-order valence-corrected chi connectivity index (χ1v) is 5.84. The van der Waals surface area contributed by atoms with Gasteiger partial charge in [0.05, 0.1) is 6.21 Å². The molecular formula is C15H22NO. The molecule has 1 aromatic rings. The molecule has 0 aliphatic rings. The van der Waals surface area contributed by atoms with Gasteiger partial charge in [-0.3, -0.25) is 0 Å². The van der Waals surface area contributed by atoms with Crippen LogP contribution in [0.2, 0.25) is 0 Å². The fraction of sp³-hybridized carbons (Fsp3) is 0.467. The van der Waals surface area contributed by atoms with Gasteiger partial charge in [0.2, 0.25) is 0 Å². The molecule has 0 saturated carbocycles. The summed E-state index contributed by atoms with van der Waals surface area (Å²) in [5, 5.41) is 3.75. The number of oxime groups is 1. The van der Waals surface area contributed by atoms with Gasteiger partial charge in [0.25, 0.3) is 0 Å². The zero-order valence-electron chi connectivity index (χ0n) is 11.4. The SMILES string of the molecule is [CH2]O/N=C/C(C)(C)c1ccc(C(C)(C)C)cc1. The van der Waals surface area contributed by atoms with Crippen LogP contribution in [0.3, 0.4) is 0 Å². The van der Waals surface area contributed by atoms with Crippen molar-refractivity contribution in [2.45, 2.75) is 45.4 Å². The highest BCUT2D eigenvalue weighted by atomic mass is 16.6. The van der Waals surface area contributed by atoms with Crippen LogP contribution in [0.15, 0.2) is 29.4 Å². The second-order valence-corrected chi connectivity index (χ2v) is 5.91. The summed E-state index contributed by atoms with van der Waals surface area (Å²) in [7, 11) is 3.23. The minimum absolute atomic E-state index is 0.145. The molecule has 0 saturated heterocycles. The summed E-state index contributed by atoms with van der Waals surface area (Å²) in [5.41, 5.74) is 2.59. The normalized spacial score (nSPS) is 13.1. The molecule has 1 aromatic carbocycles. The smallest absolute Gasteiger partial charge is 0.153 e. The maximum atomic E-state index is 4.50. The van der Waals surface area contributed by atoms with Gasteiger partial charge < -0.3 is 4.84 Å². The second-order valence-electron chi connectivity index (χ2n) is 5.91. The van der Waals surface area contributed by atoms with Crippen molar-refractivity contribution in [3.8, 4) is 0 Å². The van der Waals surface area contributed by atoms with E-state index in [-0.39, 0.29) is 10.8 Å². The van der Waals surface area contributed by atoms with Crippen molar-refractivity contribution in [3.05, 3.63) is 42.5 Å². The van der Waals surface area contributed by atoms with E-state index in [4.69, 9.17) is 0 Å². The summed E-state index contributed by atoms with van der Waals surface area (Å²) >= 11 is 0. The van der Waals surface area contributed by atoms with E-state index in [0.717, 1.165) is 0 Å². The predicted molar refractivity (Wildman–Crippen MR) is 73.1 cm³/mol. The van der Waals surface area contributed by atoms with E-state index in [9.17, 15) is 0 Å². The molecule has 0 aliphatic heterocycles. The van der Waals surface area contributed by atoms with Crippen LogP contribution < -0.4 is 0 Å². The molecule has 0 aliphatic carbocycles. The summed E-state index contributed by atoms with van der Waals surface area (Å²) < 4.78 is 0. The third-order valence-electron chi connectivity index (χ3n) is 2.94. The van der Waals surface area contributed by atoms with Crippen molar-refractivity contribution in [1.82, 2.24) is 0 Å². The number of rotatable bonds is 3. The van der Waals surface area contributed by atoms with Crippen molar-refractivity contribution in [2.75, 3.05) is 0 Å². The predicted octanol–water partition coefficient (Wildman–Crippen LogP) is 4.06.